The molecule has 0 saturated carbocycles. The topological polar surface area (TPSA) is 48.7 Å². The molecule has 0 aliphatic carbocycles. The van der Waals surface area contributed by atoms with Crippen molar-refractivity contribution in [2.75, 3.05) is 26.7 Å². The second kappa shape index (κ2) is 9.43. The van der Waals surface area contributed by atoms with Gasteiger partial charge in [-0.2, -0.15) is 0 Å². The van der Waals surface area contributed by atoms with E-state index < -0.39 is 0 Å². The second-order valence-electron chi connectivity index (χ2n) is 7.00. The largest absolute Gasteiger partial charge is 0.467 e. The van der Waals surface area contributed by atoms with Crippen LogP contribution in [-0.4, -0.2) is 42.5 Å². The van der Waals surface area contributed by atoms with Crippen molar-refractivity contribution in [1.82, 2.24) is 15.1 Å². The van der Waals surface area contributed by atoms with Crippen LogP contribution in [-0.2, 0) is 6.54 Å². The van der Waals surface area contributed by atoms with Crippen LogP contribution in [0.5, 0.6) is 0 Å². The number of carbonyl (C=O) groups excluding carboxylic acids is 1. The molecule has 5 nitrogen and oxygen atoms in total. The minimum atomic E-state index is -0.0721. The number of nitrogens with one attached hydrogen (secondary N) is 1. The molecule has 1 aromatic carbocycles. The van der Waals surface area contributed by atoms with Gasteiger partial charge < -0.3 is 14.6 Å². The Kier molecular flexibility index (Phi) is 6.72. The van der Waals surface area contributed by atoms with Gasteiger partial charge in [0.15, 0.2) is 0 Å². The first-order valence-corrected chi connectivity index (χ1v) is 9.54. The van der Waals surface area contributed by atoms with E-state index in [2.05, 4.69) is 34.5 Å². The Labute approximate surface area is 156 Å². The van der Waals surface area contributed by atoms with Crippen molar-refractivity contribution in [2.45, 2.75) is 38.3 Å². The van der Waals surface area contributed by atoms with Gasteiger partial charge in [-0.15, -0.1) is 0 Å². The van der Waals surface area contributed by atoms with E-state index in [4.69, 9.17) is 4.42 Å². The van der Waals surface area contributed by atoms with Gasteiger partial charge in [0.1, 0.15) is 5.76 Å². The molecular formula is C21H29N3O2. The van der Waals surface area contributed by atoms with Gasteiger partial charge in [-0.3, -0.25) is 4.90 Å². The number of amides is 2. The van der Waals surface area contributed by atoms with E-state index in [1.165, 1.54) is 31.2 Å². The Bertz CT molecular complexity index is 649. The highest BCUT2D eigenvalue weighted by Gasteiger charge is 2.22. The molecule has 0 bridgehead atoms. The van der Waals surface area contributed by atoms with Crippen molar-refractivity contribution in [1.29, 1.82) is 0 Å². The van der Waals surface area contributed by atoms with E-state index in [9.17, 15) is 4.79 Å². The summed E-state index contributed by atoms with van der Waals surface area (Å²) in [5.41, 5.74) is 1.27. The molecule has 0 spiro atoms. The fraction of sp³-hybridized carbons (Fsp3) is 0.476. The van der Waals surface area contributed by atoms with Crippen molar-refractivity contribution in [3.63, 3.8) is 0 Å². The van der Waals surface area contributed by atoms with Crippen molar-refractivity contribution in [3.8, 4) is 0 Å². The predicted octanol–water partition coefficient (Wildman–Crippen LogP) is 4.04. The first kappa shape index (κ1) is 18.5. The second-order valence-corrected chi connectivity index (χ2v) is 7.00. The quantitative estimate of drug-likeness (QED) is 0.851. The molecule has 1 aliphatic rings. The van der Waals surface area contributed by atoms with Gasteiger partial charge in [-0.25, -0.2) is 4.79 Å². The van der Waals surface area contributed by atoms with Crippen molar-refractivity contribution >= 4 is 6.03 Å². The lowest BCUT2D eigenvalue weighted by Gasteiger charge is -2.31. The normalized spacial score (nSPS) is 16.7. The molecule has 1 aromatic heterocycles. The smallest absolute Gasteiger partial charge is 0.317 e. The summed E-state index contributed by atoms with van der Waals surface area (Å²) in [6.07, 6.45) is 6.70. The average molecular weight is 355 g/mol. The number of likely N-dealkylation sites (tertiary alicyclic amines) is 1. The van der Waals surface area contributed by atoms with E-state index in [0.29, 0.717) is 13.1 Å². The van der Waals surface area contributed by atoms with E-state index >= 15 is 0 Å². The summed E-state index contributed by atoms with van der Waals surface area (Å²) in [4.78, 5) is 16.7. The summed E-state index contributed by atoms with van der Waals surface area (Å²) in [5.74, 6) is 0.787. The monoisotopic (exact) mass is 355 g/mol. The molecule has 2 amide bonds. The van der Waals surface area contributed by atoms with Crippen LogP contribution in [0.4, 0.5) is 4.79 Å². The van der Waals surface area contributed by atoms with Crippen LogP contribution in [0, 0.1) is 0 Å². The van der Waals surface area contributed by atoms with Crippen LogP contribution in [0.2, 0.25) is 0 Å². The van der Waals surface area contributed by atoms with E-state index in [0.717, 1.165) is 18.8 Å². The maximum Gasteiger partial charge on any atom is 0.317 e. The van der Waals surface area contributed by atoms with Crippen LogP contribution in [0.15, 0.2) is 53.1 Å². The summed E-state index contributed by atoms with van der Waals surface area (Å²) in [6, 6.07) is 14.4. The van der Waals surface area contributed by atoms with Crippen molar-refractivity contribution in [2.24, 2.45) is 0 Å². The van der Waals surface area contributed by atoms with Gasteiger partial charge in [0.25, 0.3) is 0 Å². The average Bonchev–Trinajstić information content (AvgIpc) is 3.03. The number of hydrogen-bond donors (Lipinski definition) is 1. The summed E-state index contributed by atoms with van der Waals surface area (Å²) in [7, 11) is 1.79. The lowest BCUT2D eigenvalue weighted by Crippen LogP contribution is -2.43. The van der Waals surface area contributed by atoms with Gasteiger partial charge >= 0.3 is 6.03 Å². The molecule has 2 heterocycles. The highest BCUT2D eigenvalue weighted by Crippen LogP contribution is 2.23. The molecule has 1 saturated heterocycles. The molecular weight excluding hydrogens is 326 g/mol. The van der Waals surface area contributed by atoms with Gasteiger partial charge in [-0.1, -0.05) is 43.2 Å². The van der Waals surface area contributed by atoms with Crippen LogP contribution in [0.3, 0.4) is 0 Å². The lowest BCUT2D eigenvalue weighted by atomic mass is 10.0. The molecule has 1 N–H and O–H groups in total. The fourth-order valence-electron chi connectivity index (χ4n) is 3.57. The Hall–Kier alpha value is -2.27. The number of carbonyl (C=O) groups is 1. The third-order valence-corrected chi connectivity index (χ3v) is 5.03. The van der Waals surface area contributed by atoms with Crippen LogP contribution < -0.4 is 5.32 Å². The van der Waals surface area contributed by atoms with Gasteiger partial charge in [0.2, 0.25) is 0 Å². The van der Waals surface area contributed by atoms with Gasteiger partial charge in [0, 0.05) is 13.6 Å². The predicted molar refractivity (Wildman–Crippen MR) is 103 cm³/mol. The van der Waals surface area contributed by atoms with Crippen molar-refractivity contribution in [3.05, 3.63) is 60.1 Å². The number of nitrogens with zero attached hydrogens (tertiary/aromatic N) is 2. The summed E-state index contributed by atoms with van der Waals surface area (Å²) >= 11 is 0. The number of benzene rings is 1. The van der Waals surface area contributed by atoms with Gasteiger partial charge in [0.05, 0.1) is 18.8 Å². The Morgan fingerprint density at radius 2 is 1.85 bits per heavy atom. The third-order valence-electron chi connectivity index (χ3n) is 5.03. The first-order chi connectivity index (χ1) is 12.7. The lowest BCUT2D eigenvalue weighted by molar-refractivity contribution is 0.181. The third kappa shape index (κ3) is 5.11. The summed E-state index contributed by atoms with van der Waals surface area (Å²) < 4.78 is 5.33. The van der Waals surface area contributed by atoms with E-state index in [1.54, 1.807) is 18.2 Å². The minimum Gasteiger partial charge on any atom is -0.467 e. The summed E-state index contributed by atoms with van der Waals surface area (Å²) in [6.45, 7) is 3.28. The SMILES string of the molecule is CN(Cc1ccco1)C(=O)NCC(c1ccccc1)N1CCCCCC1. The molecule has 140 valence electrons. The summed E-state index contributed by atoms with van der Waals surface area (Å²) in [5, 5.41) is 3.11. The first-order valence-electron chi connectivity index (χ1n) is 9.54. The number of urea groups is 1. The molecule has 0 radical (unpaired) electrons. The Morgan fingerprint density at radius 1 is 1.12 bits per heavy atom. The zero-order chi connectivity index (χ0) is 18.2. The molecule has 1 aliphatic heterocycles. The highest BCUT2D eigenvalue weighted by atomic mass is 16.3. The van der Waals surface area contributed by atoms with Crippen LogP contribution in [0.25, 0.3) is 0 Å². The number of rotatable bonds is 6. The molecule has 1 fully saturated rings. The minimum absolute atomic E-state index is 0.0721. The fourth-order valence-corrected chi connectivity index (χ4v) is 3.57. The van der Waals surface area contributed by atoms with Crippen LogP contribution >= 0.6 is 0 Å². The van der Waals surface area contributed by atoms with E-state index in [1.807, 2.05) is 18.2 Å². The molecule has 1 atom stereocenters. The van der Waals surface area contributed by atoms with Crippen LogP contribution in [0.1, 0.15) is 43.0 Å². The molecule has 1 unspecified atom stereocenters. The number of furan rings is 1. The van der Waals surface area contributed by atoms with E-state index in [-0.39, 0.29) is 12.1 Å². The molecule has 5 heteroatoms. The Morgan fingerprint density at radius 3 is 2.50 bits per heavy atom. The molecule has 3 rings (SSSR count). The zero-order valence-corrected chi connectivity index (χ0v) is 15.6. The standard InChI is InChI=1S/C21H29N3O2/c1-23(17-19-12-9-15-26-19)21(25)22-16-20(18-10-5-4-6-11-18)24-13-7-2-3-8-14-24/h4-6,9-12,15,20H,2-3,7-8,13-14,16-17H2,1H3,(H,22,25). The molecule has 2 aromatic rings. The van der Waals surface area contributed by atoms with Gasteiger partial charge in [-0.05, 0) is 43.6 Å². The Balaban J connectivity index is 1.62. The van der Waals surface area contributed by atoms with Crippen molar-refractivity contribution < 1.29 is 9.21 Å². The maximum atomic E-state index is 12.5. The zero-order valence-electron chi connectivity index (χ0n) is 15.6. The number of hydrogen-bond acceptors (Lipinski definition) is 3. The maximum absolute atomic E-state index is 12.5. The highest BCUT2D eigenvalue weighted by molar-refractivity contribution is 5.73. The molecule has 26 heavy (non-hydrogen) atoms.